The lowest BCUT2D eigenvalue weighted by molar-refractivity contribution is 0.703. The summed E-state index contributed by atoms with van der Waals surface area (Å²) < 4.78 is 0. The number of benzene rings is 1. The van der Waals surface area contributed by atoms with Crippen LogP contribution in [0.4, 0.5) is 5.69 Å². The number of nitrogens with one attached hydrogen (secondary N) is 1. The summed E-state index contributed by atoms with van der Waals surface area (Å²) in [5, 5.41) is 10.1. The van der Waals surface area contributed by atoms with Crippen molar-refractivity contribution in [2.75, 3.05) is 25.5 Å². The zero-order valence-electron chi connectivity index (χ0n) is 9.48. The zero-order valence-corrected chi connectivity index (χ0v) is 9.48. The highest BCUT2D eigenvalue weighted by Crippen LogP contribution is 2.19. The van der Waals surface area contributed by atoms with Gasteiger partial charge in [-0.15, -0.1) is 0 Å². The van der Waals surface area contributed by atoms with Gasteiger partial charge in [-0.25, -0.2) is 0 Å². The summed E-state index contributed by atoms with van der Waals surface area (Å²) in [6, 6.07) is 7.70. The van der Waals surface area contributed by atoms with Crippen molar-refractivity contribution in [3.8, 4) is 0 Å². The van der Waals surface area contributed by atoms with Crippen molar-refractivity contribution < 1.29 is 0 Å². The summed E-state index contributed by atoms with van der Waals surface area (Å²) in [6.07, 6.45) is 0. The van der Waals surface area contributed by atoms with Gasteiger partial charge in [-0.05, 0) is 34.7 Å². The van der Waals surface area contributed by atoms with E-state index in [4.69, 9.17) is 11.1 Å². The smallest absolute Gasteiger partial charge is 0.0337 e. The number of hydrogen-bond acceptors (Lipinski definition) is 3. The molecule has 0 atom stereocenters. The van der Waals surface area contributed by atoms with Gasteiger partial charge in [0, 0.05) is 35.6 Å². The molecule has 0 spiro atoms. The topological polar surface area (TPSA) is 110 Å². The monoisotopic (exact) mass is 231 g/mol. The minimum Gasteiger partial charge on any atom is -0.388 e. The quantitative estimate of drug-likeness (QED) is 0.451. The van der Waals surface area contributed by atoms with Gasteiger partial charge in [-0.2, -0.15) is 0 Å². The summed E-state index contributed by atoms with van der Waals surface area (Å²) in [6.45, 7) is 0.572. The summed E-state index contributed by atoms with van der Waals surface area (Å²) in [4.78, 5) is 5.44. The fourth-order valence-corrected chi connectivity index (χ4v) is 1.46. The standard InChI is InChI=1S/C10H13N7/c1-13-10-4-2-8(3-5-10)9(6-14-16-11)7-15-17-12/h2-5,9,13H,6-7H2,1H3. The fourth-order valence-electron chi connectivity index (χ4n) is 1.46. The van der Waals surface area contributed by atoms with Crippen molar-refractivity contribution in [1.29, 1.82) is 0 Å². The molecule has 0 bridgehead atoms. The molecule has 88 valence electrons. The van der Waals surface area contributed by atoms with Gasteiger partial charge < -0.3 is 5.32 Å². The molecule has 0 aromatic heterocycles. The molecule has 7 heteroatoms. The molecule has 17 heavy (non-hydrogen) atoms. The third kappa shape index (κ3) is 3.95. The number of anilines is 1. The van der Waals surface area contributed by atoms with Crippen molar-refractivity contribution in [2.24, 2.45) is 10.2 Å². The molecule has 7 nitrogen and oxygen atoms in total. The highest BCUT2D eigenvalue weighted by atomic mass is 15.1. The van der Waals surface area contributed by atoms with Crippen LogP contribution < -0.4 is 5.32 Å². The second kappa shape index (κ2) is 7.00. The van der Waals surface area contributed by atoms with Crippen LogP contribution in [0.3, 0.4) is 0 Å². The first-order valence-electron chi connectivity index (χ1n) is 5.11. The lowest BCUT2D eigenvalue weighted by Crippen LogP contribution is -2.06. The molecule has 0 heterocycles. The molecule has 0 aliphatic carbocycles. The fraction of sp³-hybridized carbons (Fsp3) is 0.400. The maximum absolute atomic E-state index is 8.31. The van der Waals surface area contributed by atoms with Crippen LogP contribution in [0.2, 0.25) is 0 Å². The van der Waals surface area contributed by atoms with E-state index >= 15 is 0 Å². The van der Waals surface area contributed by atoms with E-state index in [2.05, 4.69) is 25.4 Å². The Bertz CT molecular complexity index is 420. The van der Waals surface area contributed by atoms with Crippen LogP contribution in [0.5, 0.6) is 0 Å². The van der Waals surface area contributed by atoms with Crippen LogP contribution in [0.1, 0.15) is 11.5 Å². The van der Waals surface area contributed by atoms with E-state index < -0.39 is 0 Å². The third-order valence-electron chi connectivity index (χ3n) is 2.40. The molecule has 0 fully saturated rings. The van der Waals surface area contributed by atoms with Gasteiger partial charge in [-0.1, -0.05) is 22.4 Å². The SMILES string of the molecule is CNc1ccc(C(CN=[N+]=[N-])CN=[N+]=[N-])cc1. The molecule has 1 aromatic carbocycles. The normalized spacial score (nSPS) is 10.9. The summed E-state index contributed by atoms with van der Waals surface area (Å²) in [5.41, 5.74) is 18.6. The van der Waals surface area contributed by atoms with Crippen LogP contribution >= 0.6 is 0 Å². The number of azide groups is 2. The Morgan fingerprint density at radius 2 is 1.65 bits per heavy atom. The average molecular weight is 231 g/mol. The van der Waals surface area contributed by atoms with E-state index in [9.17, 15) is 0 Å². The lowest BCUT2D eigenvalue weighted by Gasteiger charge is -2.12. The summed E-state index contributed by atoms with van der Waals surface area (Å²) >= 11 is 0. The van der Waals surface area contributed by atoms with Crippen molar-refractivity contribution in [3.63, 3.8) is 0 Å². The van der Waals surface area contributed by atoms with E-state index in [0.717, 1.165) is 11.3 Å². The van der Waals surface area contributed by atoms with Gasteiger partial charge >= 0.3 is 0 Å². The average Bonchev–Trinajstić information content (AvgIpc) is 2.39. The van der Waals surface area contributed by atoms with Gasteiger partial charge in [0.2, 0.25) is 0 Å². The maximum Gasteiger partial charge on any atom is 0.0337 e. The molecule has 0 amide bonds. The van der Waals surface area contributed by atoms with E-state index in [-0.39, 0.29) is 19.0 Å². The minimum atomic E-state index is -0.0762. The number of rotatable bonds is 6. The Balaban J connectivity index is 2.85. The van der Waals surface area contributed by atoms with Crippen molar-refractivity contribution in [3.05, 3.63) is 50.7 Å². The zero-order chi connectivity index (χ0) is 12.5. The van der Waals surface area contributed by atoms with Gasteiger partial charge in [0.05, 0.1) is 0 Å². The van der Waals surface area contributed by atoms with Gasteiger partial charge in [0.1, 0.15) is 0 Å². The van der Waals surface area contributed by atoms with Crippen molar-refractivity contribution in [1.82, 2.24) is 0 Å². The lowest BCUT2D eigenvalue weighted by atomic mass is 9.99. The molecule has 1 rings (SSSR count). The largest absolute Gasteiger partial charge is 0.388 e. The molecular weight excluding hydrogens is 218 g/mol. The first-order chi connectivity index (χ1) is 8.31. The van der Waals surface area contributed by atoms with Crippen LogP contribution in [-0.4, -0.2) is 20.1 Å². The molecule has 0 saturated heterocycles. The predicted octanol–water partition coefficient (Wildman–Crippen LogP) is 3.43. The van der Waals surface area contributed by atoms with Gasteiger partial charge in [0.15, 0.2) is 0 Å². The van der Waals surface area contributed by atoms with Crippen LogP contribution in [0, 0.1) is 0 Å². The molecule has 0 unspecified atom stereocenters. The summed E-state index contributed by atoms with van der Waals surface area (Å²) in [7, 11) is 1.84. The molecule has 1 aromatic rings. The molecule has 1 N–H and O–H groups in total. The van der Waals surface area contributed by atoms with E-state index in [1.807, 2.05) is 31.3 Å². The molecular formula is C10H13N7. The van der Waals surface area contributed by atoms with Crippen LogP contribution in [0.15, 0.2) is 34.5 Å². The maximum atomic E-state index is 8.31. The third-order valence-corrected chi connectivity index (χ3v) is 2.40. The molecule has 0 aliphatic rings. The second-order valence-electron chi connectivity index (χ2n) is 3.40. The first-order valence-corrected chi connectivity index (χ1v) is 5.11. The Morgan fingerprint density at radius 3 is 2.06 bits per heavy atom. The Labute approximate surface area is 98.7 Å². The Morgan fingerprint density at radius 1 is 1.12 bits per heavy atom. The summed E-state index contributed by atoms with van der Waals surface area (Å²) in [5.74, 6) is -0.0762. The predicted molar refractivity (Wildman–Crippen MR) is 66.8 cm³/mol. The molecule has 0 saturated carbocycles. The number of hydrogen-bond donors (Lipinski definition) is 1. The van der Waals surface area contributed by atoms with E-state index in [1.165, 1.54) is 0 Å². The van der Waals surface area contributed by atoms with Crippen molar-refractivity contribution in [2.45, 2.75) is 5.92 Å². The first kappa shape index (κ1) is 12.7. The van der Waals surface area contributed by atoms with Crippen LogP contribution in [-0.2, 0) is 0 Å². The Kier molecular flexibility index (Phi) is 5.24. The Hall–Kier alpha value is -2.36. The van der Waals surface area contributed by atoms with E-state index in [0.29, 0.717) is 0 Å². The van der Waals surface area contributed by atoms with E-state index in [1.54, 1.807) is 0 Å². The minimum absolute atomic E-state index is 0.0762. The van der Waals surface area contributed by atoms with Gasteiger partial charge in [0.25, 0.3) is 0 Å². The number of nitrogens with zero attached hydrogens (tertiary/aromatic N) is 6. The molecule has 0 aliphatic heterocycles. The second-order valence-corrected chi connectivity index (χ2v) is 3.40. The van der Waals surface area contributed by atoms with Gasteiger partial charge in [-0.3, -0.25) is 0 Å². The molecule has 0 radical (unpaired) electrons. The highest BCUT2D eigenvalue weighted by molar-refractivity contribution is 5.44. The van der Waals surface area contributed by atoms with Crippen LogP contribution in [0.25, 0.3) is 20.9 Å². The van der Waals surface area contributed by atoms with Crippen molar-refractivity contribution >= 4 is 5.69 Å². The highest BCUT2D eigenvalue weighted by Gasteiger charge is 2.09.